The Kier molecular flexibility index (Phi) is 7.15. The Morgan fingerprint density at radius 2 is 1.56 bits per heavy atom. The fraction of sp³-hybridized carbons (Fsp3) is 0.826. The SMILES string of the molecule is C[C@]12CCC/C(=C\C=C3CC(O)C[C@H](O)C3)C1CCC2CCC(O)(C(F)(F)F)C(F)(F)F. The monoisotopic (exact) mass is 470 g/mol. The highest BCUT2D eigenvalue weighted by Gasteiger charge is 2.70. The van der Waals surface area contributed by atoms with Gasteiger partial charge in [0.1, 0.15) is 0 Å². The predicted octanol–water partition coefficient (Wildman–Crippen LogP) is 5.60. The van der Waals surface area contributed by atoms with Gasteiger partial charge in [-0.15, -0.1) is 0 Å². The molecule has 3 rings (SSSR count). The van der Waals surface area contributed by atoms with Gasteiger partial charge in [0.15, 0.2) is 0 Å². The van der Waals surface area contributed by atoms with E-state index in [1.165, 1.54) is 0 Å². The minimum Gasteiger partial charge on any atom is -0.393 e. The number of hydrogen-bond acceptors (Lipinski definition) is 3. The van der Waals surface area contributed by atoms with E-state index in [0.717, 1.165) is 30.4 Å². The summed E-state index contributed by atoms with van der Waals surface area (Å²) in [4.78, 5) is 0. The van der Waals surface area contributed by atoms with Crippen molar-refractivity contribution >= 4 is 0 Å². The van der Waals surface area contributed by atoms with Gasteiger partial charge >= 0.3 is 12.4 Å². The lowest BCUT2D eigenvalue weighted by molar-refractivity contribution is -0.370. The average molecular weight is 470 g/mol. The average Bonchev–Trinajstić information content (AvgIpc) is 2.98. The zero-order valence-electron chi connectivity index (χ0n) is 18.1. The molecule has 0 heterocycles. The van der Waals surface area contributed by atoms with Gasteiger partial charge in [-0.2, -0.15) is 26.3 Å². The first-order chi connectivity index (χ1) is 14.7. The summed E-state index contributed by atoms with van der Waals surface area (Å²) in [7, 11) is 0. The molecular weight excluding hydrogens is 438 g/mol. The fourth-order valence-corrected chi connectivity index (χ4v) is 6.18. The molecule has 0 aromatic heterocycles. The van der Waals surface area contributed by atoms with Gasteiger partial charge in [-0.05, 0) is 81.5 Å². The second-order valence-corrected chi connectivity index (χ2v) is 10.1. The molecule has 0 bridgehead atoms. The summed E-state index contributed by atoms with van der Waals surface area (Å²) in [5.41, 5.74) is -3.03. The first-order valence-corrected chi connectivity index (χ1v) is 11.3. The maximum atomic E-state index is 13.1. The van der Waals surface area contributed by atoms with Crippen LogP contribution >= 0.6 is 0 Å². The summed E-state index contributed by atoms with van der Waals surface area (Å²) in [6, 6.07) is 0. The van der Waals surface area contributed by atoms with Crippen LogP contribution in [0.15, 0.2) is 23.3 Å². The highest BCUT2D eigenvalue weighted by Crippen LogP contribution is 2.59. The normalized spacial score (nSPS) is 37.2. The van der Waals surface area contributed by atoms with E-state index < -0.39 is 42.0 Å². The minimum atomic E-state index is -5.77. The van der Waals surface area contributed by atoms with E-state index in [4.69, 9.17) is 0 Å². The van der Waals surface area contributed by atoms with Crippen LogP contribution in [0.25, 0.3) is 0 Å². The zero-order chi connectivity index (χ0) is 23.9. The van der Waals surface area contributed by atoms with Crippen LogP contribution in [0.2, 0.25) is 0 Å². The first-order valence-electron chi connectivity index (χ1n) is 11.3. The lowest BCUT2D eigenvalue weighted by Crippen LogP contribution is -2.57. The summed E-state index contributed by atoms with van der Waals surface area (Å²) in [6.45, 7) is 1.95. The van der Waals surface area contributed by atoms with Crippen LogP contribution in [0.1, 0.15) is 71.1 Å². The van der Waals surface area contributed by atoms with E-state index >= 15 is 0 Å². The van der Waals surface area contributed by atoms with Gasteiger partial charge in [0.25, 0.3) is 5.60 Å². The molecule has 184 valence electrons. The molecule has 32 heavy (non-hydrogen) atoms. The quantitative estimate of drug-likeness (QED) is 0.469. The summed E-state index contributed by atoms with van der Waals surface area (Å²) in [5, 5.41) is 29.2. The van der Waals surface area contributed by atoms with Crippen molar-refractivity contribution < 1.29 is 41.7 Å². The maximum Gasteiger partial charge on any atom is 0.426 e. The van der Waals surface area contributed by atoms with Crippen LogP contribution in [0.3, 0.4) is 0 Å². The molecule has 0 radical (unpaired) electrons. The van der Waals surface area contributed by atoms with Crippen LogP contribution in [0.4, 0.5) is 26.3 Å². The van der Waals surface area contributed by atoms with Gasteiger partial charge in [0.05, 0.1) is 12.2 Å². The van der Waals surface area contributed by atoms with Crippen molar-refractivity contribution in [2.75, 3.05) is 0 Å². The molecule has 0 amide bonds. The third kappa shape index (κ3) is 4.89. The Labute approximate surface area is 184 Å². The number of aliphatic hydroxyl groups is 3. The van der Waals surface area contributed by atoms with Crippen LogP contribution in [0.5, 0.6) is 0 Å². The number of fused-ring (bicyclic) bond motifs is 1. The summed E-state index contributed by atoms with van der Waals surface area (Å²) >= 11 is 0. The summed E-state index contributed by atoms with van der Waals surface area (Å²) in [5.74, 6) is -0.264. The molecule has 0 aliphatic heterocycles. The third-order valence-electron chi connectivity index (χ3n) is 8.03. The van der Waals surface area contributed by atoms with Crippen molar-refractivity contribution in [1.29, 1.82) is 0 Å². The highest BCUT2D eigenvalue weighted by molar-refractivity contribution is 5.26. The van der Waals surface area contributed by atoms with Gasteiger partial charge in [0, 0.05) is 0 Å². The van der Waals surface area contributed by atoms with E-state index in [2.05, 4.69) is 0 Å². The largest absolute Gasteiger partial charge is 0.426 e. The van der Waals surface area contributed by atoms with Crippen LogP contribution in [0, 0.1) is 17.3 Å². The van der Waals surface area contributed by atoms with Crippen molar-refractivity contribution in [3.8, 4) is 0 Å². The number of alkyl halides is 6. The van der Waals surface area contributed by atoms with Crippen LogP contribution in [-0.2, 0) is 0 Å². The minimum absolute atomic E-state index is 0.0707. The van der Waals surface area contributed by atoms with Crippen molar-refractivity contribution in [3.05, 3.63) is 23.3 Å². The van der Waals surface area contributed by atoms with Crippen molar-refractivity contribution in [2.45, 2.75) is 101 Å². The Hall–Kier alpha value is -1.06. The Morgan fingerprint density at radius 1 is 0.969 bits per heavy atom. The van der Waals surface area contributed by atoms with Gasteiger partial charge < -0.3 is 15.3 Å². The van der Waals surface area contributed by atoms with Crippen molar-refractivity contribution in [3.63, 3.8) is 0 Å². The molecule has 0 spiro atoms. The van der Waals surface area contributed by atoms with Gasteiger partial charge in [-0.25, -0.2) is 0 Å². The summed E-state index contributed by atoms with van der Waals surface area (Å²) < 4.78 is 78.5. The number of rotatable bonds is 4. The molecule has 3 saturated carbocycles. The van der Waals surface area contributed by atoms with E-state index in [-0.39, 0.29) is 18.3 Å². The fourth-order valence-electron chi connectivity index (χ4n) is 6.18. The topological polar surface area (TPSA) is 60.7 Å². The molecule has 3 aliphatic carbocycles. The number of aliphatic hydroxyl groups excluding tert-OH is 2. The van der Waals surface area contributed by atoms with Gasteiger partial charge in [0.2, 0.25) is 0 Å². The molecule has 9 heteroatoms. The Balaban J connectivity index is 1.74. The second kappa shape index (κ2) is 8.95. The lowest BCUT2D eigenvalue weighted by atomic mass is 9.62. The van der Waals surface area contributed by atoms with E-state index in [1.807, 2.05) is 19.1 Å². The predicted molar refractivity (Wildman–Crippen MR) is 106 cm³/mol. The third-order valence-corrected chi connectivity index (χ3v) is 8.03. The lowest BCUT2D eigenvalue weighted by Gasteiger charge is -2.43. The van der Waals surface area contributed by atoms with E-state index in [0.29, 0.717) is 32.1 Å². The highest BCUT2D eigenvalue weighted by atomic mass is 19.4. The molecule has 5 atom stereocenters. The number of hydrogen-bond donors (Lipinski definition) is 3. The van der Waals surface area contributed by atoms with Gasteiger partial charge in [-0.1, -0.05) is 30.2 Å². The molecule has 3 unspecified atom stereocenters. The van der Waals surface area contributed by atoms with Gasteiger partial charge in [-0.3, -0.25) is 0 Å². The van der Waals surface area contributed by atoms with Crippen LogP contribution in [-0.4, -0.2) is 45.5 Å². The smallest absolute Gasteiger partial charge is 0.393 e. The number of halogens is 6. The standard InChI is InChI=1S/C23H32F6O3/c1-20-9-2-3-15(5-4-14-11-17(30)13-18(31)12-14)19(20)7-6-16(20)8-10-21(32,22(24,25)26)23(27,28)29/h4-5,16-19,30-32H,2-3,6-13H2,1H3/b14-4?,15-5+/t16?,17-,18?,19?,20-/m1/s1. The van der Waals surface area contributed by atoms with Crippen LogP contribution < -0.4 is 0 Å². The van der Waals surface area contributed by atoms with E-state index in [9.17, 15) is 41.7 Å². The molecule has 3 N–H and O–H groups in total. The Bertz CT molecular complexity index is 715. The summed E-state index contributed by atoms with van der Waals surface area (Å²) in [6.07, 6.45) is -5.68. The first kappa shape index (κ1) is 25.6. The maximum absolute atomic E-state index is 13.1. The van der Waals surface area contributed by atoms with E-state index in [1.54, 1.807) is 0 Å². The molecule has 0 saturated heterocycles. The molecule has 3 fully saturated rings. The molecule has 3 aliphatic rings. The molecule has 0 aromatic rings. The molecular formula is C23H32F6O3. The molecule has 3 nitrogen and oxygen atoms in total. The number of allylic oxidation sites excluding steroid dienone is 3. The second-order valence-electron chi connectivity index (χ2n) is 10.1. The zero-order valence-corrected chi connectivity index (χ0v) is 18.1. The van der Waals surface area contributed by atoms with Crippen molar-refractivity contribution in [1.82, 2.24) is 0 Å². The Morgan fingerprint density at radius 3 is 2.12 bits per heavy atom. The molecule has 0 aromatic carbocycles. The van der Waals surface area contributed by atoms with Crippen molar-refractivity contribution in [2.24, 2.45) is 17.3 Å².